The van der Waals surface area contributed by atoms with Gasteiger partial charge in [-0.15, -0.1) is 0 Å². The summed E-state index contributed by atoms with van der Waals surface area (Å²) in [6.07, 6.45) is 3.09. The summed E-state index contributed by atoms with van der Waals surface area (Å²) in [5.41, 5.74) is 1.51. The smallest absolute Gasteiger partial charge is 0.356 e. The molecule has 2 N–H and O–H groups in total. The summed E-state index contributed by atoms with van der Waals surface area (Å²) in [4.78, 5) is 24.6. The molecule has 0 radical (unpaired) electrons. The summed E-state index contributed by atoms with van der Waals surface area (Å²) in [7, 11) is 0. The molecule has 0 saturated heterocycles. The van der Waals surface area contributed by atoms with Crippen molar-refractivity contribution in [2.45, 2.75) is 19.4 Å². The fraction of sp³-hybridized carbons (Fsp3) is 0.545. The number of aromatic carboxylic acids is 1. The minimum absolute atomic E-state index is 0.0346. The van der Waals surface area contributed by atoms with Crippen LogP contribution in [0.25, 0.3) is 0 Å². The van der Waals surface area contributed by atoms with Crippen molar-refractivity contribution in [3.05, 3.63) is 17.0 Å². The average Bonchev–Trinajstić information content (AvgIpc) is 2.78. The van der Waals surface area contributed by atoms with Crippen molar-refractivity contribution in [2.24, 2.45) is 0 Å². The lowest BCUT2D eigenvalue weighted by Gasteiger charge is -2.26. The number of carbonyl (C=O) groups excluding carboxylic acids is 1. The van der Waals surface area contributed by atoms with Gasteiger partial charge in [-0.1, -0.05) is 0 Å². The third kappa shape index (κ3) is 2.50. The van der Waals surface area contributed by atoms with E-state index in [1.807, 2.05) is 6.26 Å². The first-order chi connectivity index (χ1) is 8.63. The van der Waals surface area contributed by atoms with Gasteiger partial charge in [0.1, 0.15) is 0 Å². The van der Waals surface area contributed by atoms with E-state index in [0.717, 1.165) is 11.4 Å². The van der Waals surface area contributed by atoms with Crippen LogP contribution in [0.4, 0.5) is 0 Å². The predicted molar refractivity (Wildman–Crippen MR) is 67.7 cm³/mol. The van der Waals surface area contributed by atoms with Crippen molar-refractivity contribution >= 4 is 23.6 Å². The van der Waals surface area contributed by atoms with Crippen LogP contribution in [0, 0.1) is 0 Å². The molecule has 1 amide bonds. The molecule has 2 rings (SSSR count). The Bertz CT molecular complexity index is 472. The van der Waals surface area contributed by atoms with Gasteiger partial charge in [0.15, 0.2) is 5.69 Å². The lowest BCUT2D eigenvalue weighted by molar-refractivity contribution is -0.131. The Kier molecular flexibility index (Phi) is 3.90. The number of nitrogens with one attached hydrogen (secondary N) is 1. The predicted octanol–water partition coefficient (Wildman–Crippen LogP) is 0.746. The first kappa shape index (κ1) is 12.9. The van der Waals surface area contributed by atoms with E-state index < -0.39 is 5.97 Å². The number of H-pyrrole nitrogens is 1. The highest BCUT2D eigenvalue weighted by molar-refractivity contribution is 7.98. The minimum atomic E-state index is -1.05. The molecule has 0 aliphatic carbocycles. The third-order valence-electron chi connectivity index (χ3n) is 3.01. The molecule has 1 aromatic heterocycles. The Morgan fingerprint density at radius 3 is 3.00 bits per heavy atom. The Morgan fingerprint density at radius 2 is 2.33 bits per heavy atom. The Labute approximate surface area is 109 Å². The molecule has 1 aliphatic heterocycles. The first-order valence-corrected chi connectivity index (χ1v) is 7.09. The summed E-state index contributed by atoms with van der Waals surface area (Å²) in [6, 6.07) is 0. The molecule has 0 atom stereocenters. The molecule has 7 heteroatoms. The molecule has 0 aromatic carbocycles. The normalized spacial score (nSPS) is 14.4. The zero-order valence-corrected chi connectivity index (χ0v) is 10.9. The molecule has 0 unspecified atom stereocenters. The summed E-state index contributed by atoms with van der Waals surface area (Å²) >= 11 is 1.63. The van der Waals surface area contributed by atoms with E-state index in [-0.39, 0.29) is 11.6 Å². The number of aromatic amines is 1. The van der Waals surface area contributed by atoms with E-state index in [1.54, 1.807) is 16.7 Å². The van der Waals surface area contributed by atoms with Gasteiger partial charge in [0, 0.05) is 42.9 Å². The van der Waals surface area contributed by atoms with Gasteiger partial charge < -0.3 is 10.0 Å². The topological polar surface area (TPSA) is 86.3 Å². The molecule has 0 saturated carbocycles. The first-order valence-electron chi connectivity index (χ1n) is 5.69. The second-order valence-electron chi connectivity index (χ2n) is 4.14. The number of fused-ring (bicyclic) bond motifs is 1. The van der Waals surface area contributed by atoms with Crippen molar-refractivity contribution in [1.82, 2.24) is 15.1 Å². The monoisotopic (exact) mass is 269 g/mol. The highest BCUT2D eigenvalue weighted by atomic mass is 32.2. The summed E-state index contributed by atoms with van der Waals surface area (Å²) < 4.78 is 0. The van der Waals surface area contributed by atoms with E-state index in [0.29, 0.717) is 31.5 Å². The van der Waals surface area contributed by atoms with Gasteiger partial charge in [0.2, 0.25) is 5.91 Å². The lowest BCUT2D eigenvalue weighted by atomic mass is 10.1. The van der Waals surface area contributed by atoms with Gasteiger partial charge in [-0.25, -0.2) is 4.79 Å². The molecule has 0 bridgehead atoms. The van der Waals surface area contributed by atoms with Gasteiger partial charge in [0.25, 0.3) is 0 Å². The highest BCUT2D eigenvalue weighted by Crippen LogP contribution is 2.21. The van der Waals surface area contributed by atoms with E-state index in [2.05, 4.69) is 10.2 Å². The standard InChI is InChI=1S/C11H15N3O3S/c1-18-5-3-9(15)14-4-2-8-7(6-14)10(11(16)17)13-12-8/h2-6H2,1H3,(H,12,13)(H,16,17). The quantitative estimate of drug-likeness (QED) is 0.842. The van der Waals surface area contributed by atoms with Crippen molar-refractivity contribution in [1.29, 1.82) is 0 Å². The van der Waals surface area contributed by atoms with Gasteiger partial charge >= 0.3 is 5.97 Å². The van der Waals surface area contributed by atoms with Gasteiger partial charge in [-0.2, -0.15) is 16.9 Å². The Balaban J connectivity index is 2.11. The number of hydrogen-bond acceptors (Lipinski definition) is 4. The second kappa shape index (κ2) is 5.43. The maximum atomic E-state index is 11.9. The maximum Gasteiger partial charge on any atom is 0.356 e. The van der Waals surface area contributed by atoms with Crippen molar-refractivity contribution in [2.75, 3.05) is 18.6 Å². The number of thioether (sulfide) groups is 1. The molecule has 0 fully saturated rings. The Morgan fingerprint density at radius 1 is 1.56 bits per heavy atom. The molecule has 98 valence electrons. The van der Waals surface area contributed by atoms with Crippen LogP contribution in [0.15, 0.2) is 0 Å². The molecular weight excluding hydrogens is 254 g/mol. The zero-order chi connectivity index (χ0) is 13.1. The fourth-order valence-corrected chi connectivity index (χ4v) is 2.41. The summed E-state index contributed by atoms with van der Waals surface area (Å²) in [5.74, 6) is -0.183. The fourth-order valence-electron chi connectivity index (χ4n) is 2.03. The molecular formula is C11H15N3O3S. The van der Waals surface area contributed by atoms with Crippen LogP contribution < -0.4 is 0 Å². The summed E-state index contributed by atoms with van der Waals surface area (Å²) in [6.45, 7) is 0.974. The van der Waals surface area contributed by atoms with Crippen LogP contribution >= 0.6 is 11.8 Å². The van der Waals surface area contributed by atoms with Gasteiger partial charge in [-0.05, 0) is 6.26 Å². The zero-order valence-electron chi connectivity index (χ0n) is 10.1. The lowest BCUT2D eigenvalue weighted by Crippen LogP contribution is -2.36. The van der Waals surface area contributed by atoms with Crippen LogP contribution in [0.5, 0.6) is 0 Å². The van der Waals surface area contributed by atoms with E-state index in [1.165, 1.54) is 0 Å². The highest BCUT2D eigenvalue weighted by Gasteiger charge is 2.27. The van der Waals surface area contributed by atoms with Crippen LogP contribution in [0.3, 0.4) is 0 Å². The van der Waals surface area contributed by atoms with E-state index in [4.69, 9.17) is 5.11 Å². The number of aromatic nitrogens is 2. The van der Waals surface area contributed by atoms with Crippen LogP contribution in [0.1, 0.15) is 28.2 Å². The molecule has 1 aliphatic rings. The summed E-state index contributed by atoms with van der Waals surface area (Å²) in [5, 5.41) is 15.5. The van der Waals surface area contributed by atoms with Crippen LogP contribution in [-0.4, -0.2) is 50.6 Å². The molecule has 1 aromatic rings. The van der Waals surface area contributed by atoms with E-state index in [9.17, 15) is 9.59 Å². The minimum Gasteiger partial charge on any atom is -0.476 e. The van der Waals surface area contributed by atoms with Crippen molar-refractivity contribution < 1.29 is 14.7 Å². The Hall–Kier alpha value is -1.50. The van der Waals surface area contributed by atoms with E-state index >= 15 is 0 Å². The second-order valence-corrected chi connectivity index (χ2v) is 5.13. The average molecular weight is 269 g/mol. The number of carboxylic acids is 1. The number of rotatable bonds is 4. The number of carbonyl (C=O) groups is 2. The SMILES string of the molecule is CSCCC(=O)N1CCc2[nH]nc(C(=O)O)c2C1. The number of nitrogens with zero attached hydrogens (tertiary/aromatic N) is 2. The van der Waals surface area contributed by atoms with Crippen molar-refractivity contribution in [3.8, 4) is 0 Å². The largest absolute Gasteiger partial charge is 0.476 e. The van der Waals surface area contributed by atoms with Gasteiger partial charge in [-0.3, -0.25) is 9.89 Å². The van der Waals surface area contributed by atoms with Gasteiger partial charge in [0.05, 0.1) is 0 Å². The maximum absolute atomic E-state index is 11.9. The van der Waals surface area contributed by atoms with Crippen LogP contribution in [-0.2, 0) is 17.8 Å². The molecule has 6 nitrogen and oxygen atoms in total. The van der Waals surface area contributed by atoms with Crippen LogP contribution in [0.2, 0.25) is 0 Å². The molecule has 18 heavy (non-hydrogen) atoms. The molecule has 2 heterocycles. The number of carboxylic acid groups (broad SMARTS) is 1. The number of amides is 1. The molecule has 0 spiro atoms. The number of hydrogen-bond donors (Lipinski definition) is 2. The van der Waals surface area contributed by atoms with Crippen molar-refractivity contribution in [3.63, 3.8) is 0 Å². The third-order valence-corrected chi connectivity index (χ3v) is 3.62.